The second kappa shape index (κ2) is 8.57. The number of sulfone groups is 1. The first kappa shape index (κ1) is 23.0. The minimum atomic E-state index is -3.41. The number of anilines is 1. The Balaban J connectivity index is 1.60. The summed E-state index contributed by atoms with van der Waals surface area (Å²) in [6.07, 6.45) is 1.16. The van der Waals surface area contributed by atoms with Gasteiger partial charge in [-0.05, 0) is 38.1 Å². The van der Waals surface area contributed by atoms with Crippen molar-refractivity contribution in [3.8, 4) is 17.1 Å². The fraction of sp³-hybridized carbons (Fsp3) is 0.292. The van der Waals surface area contributed by atoms with Gasteiger partial charge in [-0.25, -0.2) is 18.4 Å². The van der Waals surface area contributed by atoms with Crippen LogP contribution in [-0.4, -0.2) is 70.4 Å². The molecule has 0 saturated carbocycles. The summed E-state index contributed by atoms with van der Waals surface area (Å²) < 4.78 is 32.3. The van der Waals surface area contributed by atoms with Crippen molar-refractivity contribution in [1.82, 2.24) is 29.9 Å². The normalized spacial score (nSPS) is 16.8. The number of fused-ring (bicyclic) bond motifs is 2. The van der Waals surface area contributed by atoms with Crippen molar-refractivity contribution in [3.05, 3.63) is 47.5 Å². The third kappa shape index (κ3) is 3.81. The maximum atomic E-state index is 12.0. The number of hydrogen-bond donors (Lipinski definition) is 0. The van der Waals surface area contributed by atoms with Crippen LogP contribution in [0, 0.1) is 6.92 Å². The lowest BCUT2D eigenvalue weighted by Crippen LogP contribution is -2.44. The molecule has 1 saturated heterocycles. The summed E-state index contributed by atoms with van der Waals surface area (Å²) in [7, 11) is -3.41. The van der Waals surface area contributed by atoms with Crippen molar-refractivity contribution in [2.45, 2.75) is 24.9 Å². The van der Waals surface area contributed by atoms with Gasteiger partial charge in [-0.15, -0.1) is 16.4 Å². The number of thiophene rings is 1. The zero-order chi connectivity index (χ0) is 25.0. The van der Waals surface area contributed by atoms with Gasteiger partial charge >= 0.3 is 0 Å². The molecule has 36 heavy (non-hydrogen) atoms. The second-order valence-electron chi connectivity index (χ2n) is 8.84. The van der Waals surface area contributed by atoms with Crippen LogP contribution in [0.25, 0.3) is 38.3 Å². The molecule has 5 heterocycles. The average molecular weight is 522 g/mol. The number of nitrogens with zero attached hydrogens (tertiary/aromatic N) is 7. The van der Waals surface area contributed by atoms with Crippen molar-refractivity contribution < 1.29 is 13.2 Å². The lowest BCUT2D eigenvalue weighted by atomic mass is 10.1. The number of morpholine rings is 1. The largest absolute Gasteiger partial charge is 0.377 e. The Morgan fingerprint density at radius 1 is 1.08 bits per heavy atom. The summed E-state index contributed by atoms with van der Waals surface area (Å²) in [5.41, 5.74) is 4.63. The summed E-state index contributed by atoms with van der Waals surface area (Å²) in [5, 5.41) is 10.7. The Bertz CT molecular complexity index is 1730. The van der Waals surface area contributed by atoms with Crippen LogP contribution >= 0.6 is 11.3 Å². The van der Waals surface area contributed by atoms with Crippen LogP contribution in [0.5, 0.6) is 0 Å². The number of aryl methyl sites for hydroxylation is 1. The van der Waals surface area contributed by atoms with Crippen molar-refractivity contribution in [3.63, 3.8) is 0 Å². The average Bonchev–Trinajstić information content (AvgIpc) is 3.48. The zero-order valence-corrected chi connectivity index (χ0v) is 21.5. The molecular weight excluding hydrogens is 498 g/mol. The Labute approximate surface area is 211 Å². The Morgan fingerprint density at radius 3 is 2.69 bits per heavy atom. The van der Waals surface area contributed by atoms with E-state index >= 15 is 0 Å². The highest BCUT2D eigenvalue weighted by molar-refractivity contribution is 7.90. The minimum Gasteiger partial charge on any atom is -0.377 e. The number of rotatable bonds is 4. The Morgan fingerprint density at radius 2 is 1.92 bits per heavy atom. The molecule has 1 aliphatic rings. The molecule has 0 amide bonds. The molecule has 0 N–H and O–H groups in total. The first-order chi connectivity index (χ1) is 17.3. The van der Waals surface area contributed by atoms with Crippen molar-refractivity contribution in [2.75, 3.05) is 30.9 Å². The highest BCUT2D eigenvalue weighted by atomic mass is 32.2. The van der Waals surface area contributed by atoms with Gasteiger partial charge in [0.1, 0.15) is 5.52 Å². The second-order valence-corrected chi connectivity index (χ2v) is 11.7. The van der Waals surface area contributed by atoms with Gasteiger partial charge < -0.3 is 9.64 Å². The van der Waals surface area contributed by atoms with Gasteiger partial charge in [-0.1, -0.05) is 17.3 Å². The van der Waals surface area contributed by atoms with E-state index in [1.165, 1.54) is 0 Å². The molecule has 12 heteroatoms. The molecule has 0 aliphatic carbocycles. The van der Waals surface area contributed by atoms with E-state index in [2.05, 4.69) is 27.1 Å². The van der Waals surface area contributed by atoms with Crippen LogP contribution in [0.3, 0.4) is 0 Å². The quantitative estimate of drug-likeness (QED) is 0.351. The molecular formula is C24H23N7O3S2. The van der Waals surface area contributed by atoms with Crippen molar-refractivity contribution >= 4 is 48.2 Å². The van der Waals surface area contributed by atoms with E-state index in [1.54, 1.807) is 28.2 Å². The van der Waals surface area contributed by atoms with Gasteiger partial charge in [-0.2, -0.15) is 9.67 Å². The third-order valence-corrected chi connectivity index (χ3v) is 8.25. The first-order valence-electron chi connectivity index (χ1n) is 11.4. The molecule has 5 aromatic rings. The molecule has 0 radical (unpaired) electrons. The molecule has 10 nitrogen and oxygen atoms in total. The summed E-state index contributed by atoms with van der Waals surface area (Å²) in [5.74, 6) is 1.24. The van der Waals surface area contributed by atoms with E-state index in [0.29, 0.717) is 31.4 Å². The summed E-state index contributed by atoms with van der Waals surface area (Å²) >= 11 is 1.56. The van der Waals surface area contributed by atoms with E-state index in [9.17, 15) is 8.42 Å². The molecule has 4 aromatic heterocycles. The lowest BCUT2D eigenvalue weighted by Gasteiger charge is -2.34. The highest BCUT2D eigenvalue weighted by Crippen LogP contribution is 2.40. The van der Waals surface area contributed by atoms with Gasteiger partial charge in [0, 0.05) is 35.0 Å². The standard InChI is InChI=1S/C24H23N7O3S2/c1-14-12-34-11-10-30(14)23-22-21(26-24(27-23)31-19-7-5-4-6-18(19)28-29-31)17(13-35-22)16-8-9-20(25-15(16)2)36(3,32)33/h4-9,13-14H,10-12H2,1-3H3/t14-/m1/s1. The first-order valence-corrected chi connectivity index (χ1v) is 14.2. The predicted molar refractivity (Wildman–Crippen MR) is 139 cm³/mol. The predicted octanol–water partition coefficient (Wildman–Crippen LogP) is 3.42. The SMILES string of the molecule is Cc1nc(S(C)(=O)=O)ccc1-c1csc2c(N3CCOC[C@H]3C)nc(-n3nnc4ccccc43)nc12. The van der Waals surface area contributed by atoms with Crippen LogP contribution in [-0.2, 0) is 14.6 Å². The number of para-hydroxylation sites is 1. The zero-order valence-electron chi connectivity index (χ0n) is 19.9. The topological polar surface area (TPSA) is 116 Å². The number of benzene rings is 1. The van der Waals surface area contributed by atoms with Gasteiger partial charge in [0.05, 0.1) is 35.0 Å². The molecule has 1 aliphatic heterocycles. The molecule has 1 atom stereocenters. The van der Waals surface area contributed by atoms with Gasteiger partial charge in [0.2, 0.25) is 0 Å². The van der Waals surface area contributed by atoms with Gasteiger partial charge in [0.15, 0.2) is 20.7 Å². The van der Waals surface area contributed by atoms with Crippen LogP contribution < -0.4 is 4.90 Å². The van der Waals surface area contributed by atoms with Gasteiger partial charge in [0.25, 0.3) is 5.95 Å². The summed E-state index contributed by atoms with van der Waals surface area (Å²) in [6.45, 7) is 5.87. The molecule has 1 aromatic carbocycles. The van der Waals surface area contributed by atoms with E-state index in [4.69, 9.17) is 14.7 Å². The molecule has 0 bridgehead atoms. The Hall–Kier alpha value is -3.48. The number of ether oxygens (including phenoxy) is 1. The van der Waals surface area contributed by atoms with E-state index < -0.39 is 9.84 Å². The van der Waals surface area contributed by atoms with E-state index in [-0.39, 0.29) is 11.1 Å². The van der Waals surface area contributed by atoms with Crippen LogP contribution in [0.4, 0.5) is 5.82 Å². The van der Waals surface area contributed by atoms with E-state index in [0.717, 1.165) is 44.5 Å². The van der Waals surface area contributed by atoms with Crippen LogP contribution in [0.1, 0.15) is 12.6 Å². The number of pyridine rings is 1. The van der Waals surface area contributed by atoms with Crippen LogP contribution in [0.2, 0.25) is 0 Å². The summed E-state index contributed by atoms with van der Waals surface area (Å²) in [6, 6.07) is 11.2. The molecule has 184 valence electrons. The molecule has 6 rings (SSSR count). The molecule has 0 unspecified atom stereocenters. The monoisotopic (exact) mass is 521 g/mol. The fourth-order valence-electron chi connectivity index (χ4n) is 4.46. The maximum Gasteiger partial charge on any atom is 0.255 e. The van der Waals surface area contributed by atoms with Crippen molar-refractivity contribution in [1.29, 1.82) is 0 Å². The third-order valence-electron chi connectivity index (χ3n) is 6.30. The Kier molecular flexibility index (Phi) is 5.47. The molecule has 0 spiro atoms. The van der Waals surface area contributed by atoms with Crippen LogP contribution in [0.15, 0.2) is 46.8 Å². The lowest BCUT2D eigenvalue weighted by molar-refractivity contribution is 0.0987. The number of hydrogen-bond acceptors (Lipinski definition) is 10. The van der Waals surface area contributed by atoms with Crippen molar-refractivity contribution in [2.24, 2.45) is 0 Å². The highest BCUT2D eigenvalue weighted by Gasteiger charge is 2.26. The molecule has 1 fully saturated rings. The fourth-order valence-corrected chi connectivity index (χ4v) is 6.09. The smallest absolute Gasteiger partial charge is 0.255 e. The number of aromatic nitrogens is 6. The van der Waals surface area contributed by atoms with Gasteiger partial charge in [-0.3, -0.25) is 0 Å². The summed E-state index contributed by atoms with van der Waals surface area (Å²) in [4.78, 5) is 16.5. The van der Waals surface area contributed by atoms with E-state index in [1.807, 2.05) is 36.6 Å². The minimum absolute atomic E-state index is 0.0514. The maximum absolute atomic E-state index is 12.0.